The lowest BCUT2D eigenvalue weighted by molar-refractivity contribution is -0.255. The first-order valence-electron chi connectivity index (χ1n) is 4.90. The highest BCUT2D eigenvalue weighted by molar-refractivity contribution is 6.31. The molecule has 0 radical (unpaired) electrons. The first-order chi connectivity index (χ1) is 7.68. The number of hydrogen-bond acceptors (Lipinski definition) is 1. The molecule has 2 nitrogen and oxygen atoms in total. The third kappa shape index (κ3) is 2.13. The molecule has 0 atom stereocenters. The summed E-state index contributed by atoms with van der Waals surface area (Å²) >= 11 is 5.87. The van der Waals surface area contributed by atoms with Gasteiger partial charge in [0.05, 0.1) is 5.56 Å². The third-order valence-corrected chi connectivity index (χ3v) is 2.59. The number of ketones is 1. The molecule has 3 heteroatoms. The van der Waals surface area contributed by atoms with Gasteiger partial charge in [-0.1, -0.05) is 41.9 Å². The van der Waals surface area contributed by atoms with Crippen LogP contribution in [0.3, 0.4) is 0 Å². The first kappa shape index (κ1) is 10.9. The van der Waals surface area contributed by atoms with Crippen molar-refractivity contribution in [3.8, 4) is 0 Å². The lowest BCUT2D eigenvalue weighted by Gasteiger charge is -2.02. The van der Waals surface area contributed by atoms with E-state index in [1.54, 1.807) is 30.3 Å². The predicted molar refractivity (Wildman–Crippen MR) is 63.9 cm³/mol. The van der Waals surface area contributed by atoms with Crippen LogP contribution in [0.5, 0.6) is 0 Å². The number of halogens is 1. The number of quaternary nitrogens is 1. The van der Waals surface area contributed by atoms with Crippen LogP contribution in [-0.4, -0.2) is 5.78 Å². The van der Waals surface area contributed by atoms with Gasteiger partial charge in [-0.2, -0.15) is 0 Å². The van der Waals surface area contributed by atoms with Gasteiger partial charge in [-0.25, -0.2) is 0 Å². The first-order valence-corrected chi connectivity index (χ1v) is 5.27. The molecule has 80 valence electrons. The van der Waals surface area contributed by atoms with E-state index in [9.17, 15) is 4.79 Å². The summed E-state index contributed by atoms with van der Waals surface area (Å²) in [5, 5.41) is 0.548. The van der Waals surface area contributed by atoms with Crippen molar-refractivity contribution >= 4 is 23.1 Å². The van der Waals surface area contributed by atoms with Crippen molar-refractivity contribution in [2.45, 2.75) is 0 Å². The normalized spacial score (nSPS) is 10.1. The monoisotopic (exact) mass is 232 g/mol. The molecule has 0 unspecified atom stereocenters. The summed E-state index contributed by atoms with van der Waals surface area (Å²) in [5.41, 5.74) is 5.72. The van der Waals surface area contributed by atoms with E-state index in [4.69, 9.17) is 11.6 Å². The summed E-state index contributed by atoms with van der Waals surface area (Å²) in [6.07, 6.45) is 0. The maximum atomic E-state index is 12.1. The van der Waals surface area contributed by atoms with E-state index < -0.39 is 0 Å². The van der Waals surface area contributed by atoms with Gasteiger partial charge in [-0.15, -0.1) is 0 Å². The van der Waals surface area contributed by atoms with Gasteiger partial charge in [0.1, 0.15) is 5.69 Å². The Balaban J connectivity index is 2.46. The molecule has 0 aliphatic rings. The zero-order valence-corrected chi connectivity index (χ0v) is 9.37. The average Bonchev–Trinajstić information content (AvgIpc) is 2.32. The predicted octanol–water partition coefficient (Wildman–Crippen LogP) is 2.44. The van der Waals surface area contributed by atoms with Crippen LogP contribution < -0.4 is 5.73 Å². The van der Waals surface area contributed by atoms with E-state index >= 15 is 0 Å². The molecule has 2 aromatic rings. The zero-order chi connectivity index (χ0) is 11.5. The molecule has 0 aromatic heterocycles. The second-order valence-electron chi connectivity index (χ2n) is 3.50. The van der Waals surface area contributed by atoms with E-state index in [-0.39, 0.29) is 5.78 Å². The second kappa shape index (κ2) is 4.47. The highest BCUT2D eigenvalue weighted by atomic mass is 35.5. The molecule has 0 fully saturated rings. The van der Waals surface area contributed by atoms with E-state index in [1.807, 2.05) is 18.2 Å². The summed E-state index contributed by atoms with van der Waals surface area (Å²) in [5.74, 6) is -0.0481. The van der Waals surface area contributed by atoms with Gasteiger partial charge < -0.3 is 5.73 Å². The fourth-order valence-electron chi connectivity index (χ4n) is 1.51. The van der Waals surface area contributed by atoms with E-state index in [1.165, 1.54) is 0 Å². The lowest BCUT2D eigenvalue weighted by Crippen LogP contribution is -2.42. The highest BCUT2D eigenvalue weighted by Crippen LogP contribution is 2.19. The number of hydrogen-bond donors (Lipinski definition) is 1. The van der Waals surface area contributed by atoms with Crippen molar-refractivity contribution in [3.05, 3.63) is 64.7 Å². The summed E-state index contributed by atoms with van der Waals surface area (Å²) in [6.45, 7) is 0. The minimum absolute atomic E-state index is 0.0481. The number of benzene rings is 2. The highest BCUT2D eigenvalue weighted by Gasteiger charge is 2.14. The molecule has 0 spiro atoms. The Morgan fingerprint density at radius 1 is 1.06 bits per heavy atom. The number of rotatable bonds is 2. The number of carbonyl (C=O) groups excluding carboxylic acids is 1. The molecule has 2 aromatic carbocycles. The van der Waals surface area contributed by atoms with E-state index in [2.05, 4.69) is 5.73 Å². The number of carbonyl (C=O) groups is 1. The topological polar surface area (TPSA) is 44.7 Å². The molecule has 2 rings (SSSR count). The Bertz CT molecular complexity index is 523. The Morgan fingerprint density at radius 3 is 2.44 bits per heavy atom. The average molecular weight is 233 g/mol. The third-order valence-electron chi connectivity index (χ3n) is 2.35. The van der Waals surface area contributed by atoms with Gasteiger partial charge in [0.2, 0.25) is 0 Å². The quantitative estimate of drug-likeness (QED) is 0.795. The minimum Gasteiger partial charge on any atom is -0.325 e. The van der Waals surface area contributed by atoms with Crippen LogP contribution in [0.1, 0.15) is 15.9 Å². The van der Waals surface area contributed by atoms with Gasteiger partial charge in [-0.3, -0.25) is 4.79 Å². The van der Waals surface area contributed by atoms with Gasteiger partial charge >= 0.3 is 0 Å². The molecule has 0 aliphatic carbocycles. The van der Waals surface area contributed by atoms with Gasteiger partial charge in [-0.05, 0) is 12.1 Å². The Morgan fingerprint density at radius 2 is 1.75 bits per heavy atom. The van der Waals surface area contributed by atoms with Crippen molar-refractivity contribution in [2.24, 2.45) is 0 Å². The van der Waals surface area contributed by atoms with Crippen LogP contribution in [0.25, 0.3) is 0 Å². The largest absolute Gasteiger partial charge is 0.325 e. The van der Waals surface area contributed by atoms with Crippen molar-refractivity contribution < 1.29 is 10.5 Å². The van der Waals surface area contributed by atoms with Crippen molar-refractivity contribution in [3.63, 3.8) is 0 Å². The Kier molecular flexibility index (Phi) is 3.04. The second-order valence-corrected chi connectivity index (χ2v) is 3.93. The Hall–Kier alpha value is -1.64. The molecular weight excluding hydrogens is 222 g/mol. The Labute approximate surface area is 98.7 Å². The van der Waals surface area contributed by atoms with Crippen LogP contribution in [-0.2, 0) is 0 Å². The van der Waals surface area contributed by atoms with Crippen molar-refractivity contribution in [1.82, 2.24) is 0 Å². The van der Waals surface area contributed by atoms with E-state index in [0.29, 0.717) is 21.8 Å². The SMILES string of the molecule is [NH3+]c1ccc(Cl)cc1C(=O)c1ccccc1. The molecule has 0 amide bonds. The molecule has 0 saturated carbocycles. The van der Waals surface area contributed by atoms with Gasteiger partial charge in [0.25, 0.3) is 0 Å². The fraction of sp³-hybridized carbons (Fsp3) is 0. The maximum absolute atomic E-state index is 12.1. The molecule has 0 saturated heterocycles. The van der Waals surface area contributed by atoms with Crippen LogP contribution >= 0.6 is 11.6 Å². The van der Waals surface area contributed by atoms with Crippen LogP contribution in [0.4, 0.5) is 5.69 Å². The standard InChI is InChI=1S/C13H10ClNO/c14-10-6-7-12(15)11(8-10)13(16)9-4-2-1-3-5-9/h1-8H,15H2/p+1. The molecule has 0 heterocycles. The molecule has 0 bridgehead atoms. The maximum Gasteiger partial charge on any atom is 0.199 e. The van der Waals surface area contributed by atoms with E-state index in [0.717, 1.165) is 0 Å². The van der Waals surface area contributed by atoms with Gasteiger partial charge in [0.15, 0.2) is 5.78 Å². The zero-order valence-electron chi connectivity index (χ0n) is 8.61. The van der Waals surface area contributed by atoms with Crippen LogP contribution in [0.15, 0.2) is 48.5 Å². The summed E-state index contributed by atoms with van der Waals surface area (Å²) in [7, 11) is 0. The molecule has 16 heavy (non-hydrogen) atoms. The fourth-order valence-corrected chi connectivity index (χ4v) is 1.68. The molecule has 3 N–H and O–H groups in total. The summed E-state index contributed by atoms with van der Waals surface area (Å²) in [6, 6.07) is 14.2. The summed E-state index contributed by atoms with van der Waals surface area (Å²) in [4.78, 5) is 12.1. The summed E-state index contributed by atoms with van der Waals surface area (Å²) < 4.78 is 0. The molecular formula is C13H11ClNO+. The van der Waals surface area contributed by atoms with Crippen molar-refractivity contribution in [1.29, 1.82) is 0 Å². The smallest absolute Gasteiger partial charge is 0.199 e. The molecule has 0 aliphatic heterocycles. The van der Waals surface area contributed by atoms with Crippen LogP contribution in [0, 0.1) is 0 Å². The van der Waals surface area contributed by atoms with Gasteiger partial charge in [0, 0.05) is 16.7 Å². The lowest BCUT2D eigenvalue weighted by atomic mass is 10.0. The minimum atomic E-state index is -0.0481. The van der Waals surface area contributed by atoms with Crippen molar-refractivity contribution in [2.75, 3.05) is 0 Å². The van der Waals surface area contributed by atoms with Crippen LogP contribution in [0.2, 0.25) is 5.02 Å².